The standard InChI is InChI=1S/C28H22O2Se2/c29-27(25(21-13-5-1-6-14-21)22-15-7-2-8-16-22)31-32-28(30)26(23-17-9-3-10-18-23)24-19-11-4-12-20-24/h1-20,25-26H. The minimum absolute atomic E-state index is 0.156. The third-order valence-corrected chi connectivity index (χ3v) is 11.6. The molecule has 0 aliphatic carbocycles. The summed E-state index contributed by atoms with van der Waals surface area (Å²) in [6.45, 7) is 0. The van der Waals surface area contributed by atoms with Gasteiger partial charge in [-0.2, -0.15) is 0 Å². The summed E-state index contributed by atoms with van der Waals surface area (Å²) in [6.07, 6.45) is 0. The fourth-order valence-corrected chi connectivity index (χ4v) is 9.47. The van der Waals surface area contributed by atoms with Gasteiger partial charge < -0.3 is 0 Å². The number of benzene rings is 4. The first-order chi connectivity index (χ1) is 15.7. The van der Waals surface area contributed by atoms with Gasteiger partial charge in [0.1, 0.15) is 0 Å². The normalized spacial score (nSPS) is 10.9. The van der Waals surface area contributed by atoms with Gasteiger partial charge in [-0.3, -0.25) is 0 Å². The fraction of sp³-hybridized carbons (Fsp3) is 0.0714. The van der Waals surface area contributed by atoms with E-state index < -0.39 is 26.3 Å². The summed E-state index contributed by atoms with van der Waals surface area (Å²) < 4.78 is 0.311. The van der Waals surface area contributed by atoms with Gasteiger partial charge in [0.05, 0.1) is 0 Å². The Bertz CT molecular complexity index is 973. The molecule has 4 rings (SSSR count). The van der Waals surface area contributed by atoms with Gasteiger partial charge >= 0.3 is 201 Å². The minimum atomic E-state index is -0.401. The molecule has 0 aromatic heterocycles. The maximum atomic E-state index is 13.4. The number of carbonyl (C=O) groups is 2. The zero-order chi connectivity index (χ0) is 22.2. The predicted molar refractivity (Wildman–Crippen MR) is 131 cm³/mol. The van der Waals surface area contributed by atoms with Crippen LogP contribution in [0.25, 0.3) is 0 Å². The van der Waals surface area contributed by atoms with E-state index >= 15 is 0 Å². The average Bonchev–Trinajstić information content (AvgIpc) is 2.86. The second-order valence-corrected chi connectivity index (χ2v) is 13.3. The van der Waals surface area contributed by atoms with Crippen LogP contribution in [0, 0.1) is 0 Å². The summed E-state index contributed by atoms with van der Waals surface area (Å²) in [6, 6.07) is 39.5. The SMILES string of the molecule is O=C([Se][Se]C(=O)C(c1ccccc1)c1ccccc1)C(c1ccccc1)c1ccccc1. The number of rotatable bonds is 9. The Kier molecular flexibility index (Phi) is 7.87. The fourth-order valence-electron chi connectivity index (χ4n) is 3.69. The Balaban J connectivity index is 1.56. The molecule has 0 amide bonds. The molecule has 0 bridgehead atoms. The van der Waals surface area contributed by atoms with Gasteiger partial charge in [-0.1, -0.05) is 0 Å². The summed E-state index contributed by atoms with van der Waals surface area (Å²) in [5.41, 5.74) is 3.93. The van der Waals surface area contributed by atoms with Gasteiger partial charge in [-0.25, -0.2) is 0 Å². The molecule has 0 atom stereocenters. The van der Waals surface area contributed by atoms with Gasteiger partial charge in [-0.15, -0.1) is 0 Å². The van der Waals surface area contributed by atoms with Crippen LogP contribution in [-0.4, -0.2) is 35.6 Å². The maximum absolute atomic E-state index is 13.4. The van der Waals surface area contributed by atoms with E-state index in [1.54, 1.807) is 0 Å². The Morgan fingerprint density at radius 2 is 0.625 bits per heavy atom. The molecule has 0 aliphatic heterocycles. The van der Waals surface area contributed by atoms with Crippen molar-refractivity contribution in [1.29, 1.82) is 0 Å². The molecule has 0 unspecified atom stereocenters. The first-order valence-corrected chi connectivity index (χ1v) is 16.4. The van der Waals surface area contributed by atoms with E-state index in [9.17, 15) is 9.59 Å². The zero-order valence-electron chi connectivity index (χ0n) is 17.3. The van der Waals surface area contributed by atoms with E-state index in [2.05, 4.69) is 0 Å². The van der Waals surface area contributed by atoms with Crippen molar-refractivity contribution in [3.8, 4) is 0 Å². The summed E-state index contributed by atoms with van der Waals surface area (Å²) in [5, 5.41) is 0. The van der Waals surface area contributed by atoms with Crippen molar-refractivity contribution in [1.82, 2.24) is 0 Å². The van der Waals surface area contributed by atoms with Crippen LogP contribution in [0.1, 0.15) is 34.1 Å². The van der Waals surface area contributed by atoms with E-state index in [0.29, 0.717) is 0 Å². The van der Waals surface area contributed by atoms with E-state index in [4.69, 9.17) is 0 Å². The van der Waals surface area contributed by atoms with Gasteiger partial charge in [0.2, 0.25) is 0 Å². The molecule has 0 aliphatic rings. The molecule has 0 spiro atoms. The molecule has 158 valence electrons. The van der Waals surface area contributed by atoms with Crippen molar-refractivity contribution < 1.29 is 9.59 Å². The second kappa shape index (κ2) is 11.2. The van der Waals surface area contributed by atoms with Gasteiger partial charge in [0, 0.05) is 0 Å². The molecule has 32 heavy (non-hydrogen) atoms. The van der Waals surface area contributed by atoms with Crippen LogP contribution in [-0.2, 0) is 9.59 Å². The quantitative estimate of drug-likeness (QED) is 0.275. The monoisotopic (exact) mass is 550 g/mol. The van der Waals surface area contributed by atoms with Crippen molar-refractivity contribution in [2.45, 2.75) is 11.8 Å². The van der Waals surface area contributed by atoms with Crippen LogP contribution in [0.15, 0.2) is 121 Å². The van der Waals surface area contributed by atoms with Crippen LogP contribution in [0.2, 0.25) is 0 Å². The number of hydrogen-bond donors (Lipinski definition) is 0. The Morgan fingerprint density at radius 1 is 0.406 bits per heavy atom. The van der Waals surface area contributed by atoms with Crippen LogP contribution in [0.4, 0.5) is 0 Å². The Morgan fingerprint density at radius 3 is 0.844 bits per heavy atom. The van der Waals surface area contributed by atoms with Crippen LogP contribution >= 0.6 is 0 Å². The van der Waals surface area contributed by atoms with Crippen LogP contribution in [0.3, 0.4) is 0 Å². The first-order valence-electron chi connectivity index (χ1n) is 10.4. The molecule has 2 nitrogen and oxygen atoms in total. The summed E-state index contributed by atoms with van der Waals surface area (Å²) in [7, 11) is 0. The van der Waals surface area contributed by atoms with Gasteiger partial charge in [0.25, 0.3) is 0 Å². The van der Waals surface area contributed by atoms with Crippen molar-refractivity contribution in [2.75, 3.05) is 0 Å². The van der Waals surface area contributed by atoms with Gasteiger partial charge in [-0.05, 0) is 0 Å². The van der Waals surface area contributed by atoms with E-state index in [0.717, 1.165) is 22.3 Å². The number of carbonyl (C=O) groups excluding carboxylic acids is 2. The van der Waals surface area contributed by atoms with Crippen molar-refractivity contribution in [3.63, 3.8) is 0 Å². The summed E-state index contributed by atoms with van der Waals surface area (Å²) in [5.74, 6) is -0.641. The molecule has 0 N–H and O–H groups in total. The van der Waals surface area contributed by atoms with Gasteiger partial charge in [0.15, 0.2) is 0 Å². The molecular weight excluding hydrogens is 526 g/mol. The molecule has 4 heteroatoms. The topological polar surface area (TPSA) is 34.1 Å². The molecule has 0 fully saturated rings. The molecular formula is C28H22O2Se2. The molecule has 4 aromatic carbocycles. The Hall–Kier alpha value is -2.74. The van der Waals surface area contributed by atoms with E-state index in [-0.39, 0.29) is 21.2 Å². The summed E-state index contributed by atoms with van der Waals surface area (Å²) >= 11 is -0.801. The van der Waals surface area contributed by atoms with Crippen molar-refractivity contribution in [3.05, 3.63) is 144 Å². The first kappa shape index (κ1) is 22.5. The van der Waals surface area contributed by atoms with E-state index in [1.807, 2.05) is 121 Å². The van der Waals surface area contributed by atoms with E-state index in [1.165, 1.54) is 0 Å². The molecule has 4 aromatic rings. The molecule has 0 saturated heterocycles. The predicted octanol–water partition coefficient (Wildman–Crippen LogP) is 5.03. The second-order valence-electron chi connectivity index (χ2n) is 7.31. The van der Waals surface area contributed by atoms with Crippen LogP contribution < -0.4 is 0 Å². The third kappa shape index (κ3) is 5.54. The van der Waals surface area contributed by atoms with Crippen molar-refractivity contribution >= 4 is 35.6 Å². The van der Waals surface area contributed by atoms with Crippen LogP contribution in [0.5, 0.6) is 0 Å². The Labute approximate surface area is 199 Å². The number of hydrogen-bond acceptors (Lipinski definition) is 2. The third-order valence-electron chi connectivity index (χ3n) is 5.21. The van der Waals surface area contributed by atoms with Crippen molar-refractivity contribution in [2.24, 2.45) is 0 Å². The molecule has 0 radical (unpaired) electrons. The summed E-state index contributed by atoms with van der Waals surface area (Å²) in [4.78, 5) is 26.9. The average molecular weight is 548 g/mol. The molecule has 0 heterocycles. The zero-order valence-corrected chi connectivity index (χ0v) is 20.8. The molecule has 0 saturated carbocycles.